The summed E-state index contributed by atoms with van der Waals surface area (Å²) < 4.78 is 13.0. The number of methoxy groups -OCH3 is 1. The van der Waals surface area contributed by atoms with E-state index in [2.05, 4.69) is 30.4 Å². The molecule has 0 spiro atoms. The van der Waals surface area contributed by atoms with Crippen molar-refractivity contribution < 1.29 is 9.47 Å². The molecule has 10 nitrogen and oxygen atoms in total. The van der Waals surface area contributed by atoms with Gasteiger partial charge in [-0.05, 0) is 53.1 Å². The first kappa shape index (κ1) is 24.0. The number of rotatable bonds is 8. The van der Waals surface area contributed by atoms with Crippen LogP contribution in [-0.4, -0.2) is 55.4 Å². The van der Waals surface area contributed by atoms with E-state index in [9.17, 15) is 0 Å². The molecule has 3 aromatic heterocycles. The molecule has 1 saturated heterocycles. The molecule has 2 aromatic carbocycles. The largest absolute Gasteiger partial charge is 0.497 e. The Morgan fingerprint density at radius 2 is 1.68 bits per heavy atom. The third kappa shape index (κ3) is 5.18. The summed E-state index contributed by atoms with van der Waals surface area (Å²) in [4.78, 5) is 16.5. The molecule has 1 atom stereocenters. The minimum absolute atomic E-state index is 0.370. The van der Waals surface area contributed by atoms with Crippen LogP contribution < -0.4 is 14.4 Å². The van der Waals surface area contributed by atoms with Gasteiger partial charge in [0.05, 0.1) is 12.1 Å². The van der Waals surface area contributed by atoms with Gasteiger partial charge in [0.15, 0.2) is 0 Å². The molecule has 0 saturated carbocycles. The highest BCUT2D eigenvalue weighted by atomic mass is 32.1. The minimum Gasteiger partial charge on any atom is -0.497 e. The van der Waals surface area contributed by atoms with Crippen LogP contribution in [0.1, 0.15) is 35.7 Å². The number of ether oxygens (including phenoxy) is 2. The van der Waals surface area contributed by atoms with Crippen LogP contribution in [0, 0.1) is 0 Å². The normalized spacial score (nSPS) is 14.8. The monoisotopic (exact) mass is 526 g/mol. The summed E-state index contributed by atoms with van der Waals surface area (Å²) in [6, 6.07) is 17.5. The number of piperidine rings is 1. The van der Waals surface area contributed by atoms with Gasteiger partial charge in [-0.15, -0.1) is 16.4 Å². The van der Waals surface area contributed by atoms with Crippen molar-refractivity contribution in [2.45, 2.75) is 25.0 Å². The van der Waals surface area contributed by atoms with E-state index in [4.69, 9.17) is 14.5 Å². The lowest BCUT2D eigenvalue weighted by Crippen LogP contribution is -2.34. The number of hydrogen-bond donors (Lipinski definition) is 0. The number of aromatic nitrogens is 7. The second kappa shape index (κ2) is 10.9. The average molecular weight is 527 g/mol. The Morgan fingerprint density at radius 3 is 2.37 bits per heavy atom. The van der Waals surface area contributed by atoms with Gasteiger partial charge in [0, 0.05) is 42.3 Å². The van der Waals surface area contributed by atoms with Crippen LogP contribution in [0.25, 0.3) is 11.1 Å². The number of anilines is 1. The molecule has 1 aliphatic rings. The lowest BCUT2D eigenvalue weighted by Gasteiger charge is -2.31. The van der Waals surface area contributed by atoms with E-state index < -0.39 is 6.23 Å². The zero-order chi connectivity index (χ0) is 25.7. The molecule has 38 heavy (non-hydrogen) atoms. The summed E-state index contributed by atoms with van der Waals surface area (Å²) in [5.74, 6) is 2.69. The second-order valence-corrected chi connectivity index (χ2v) is 9.83. The average Bonchev–Trinajstić information content (AvgIpc) is 3.70. The number of hydrogen-bond acceptors (Lipinski definition) is 10. The van der Waals surface area contributed by atoms with Crippen LogP contribution in [0.4, 0.5) is 5.95 Å². The van der Waals surface area contributed by atoms with Crippen molar-refractivity contribution in [3.05, 3.63) is 89.4 Å². The standard InChI is InChI=1S/C27H26N8O2S/c1-36-22-9-7-19(8-10-22)21-15-28-27(29-16-21)34-13-11-20(12-14-34)25-31-24(17-38-25)26(35-18-30-32-33-35)37-23-5-3-2-4-6-23/h2-10,15-18,20,26H,11-14H2,1H3. The van der Waals surface area contributed by atoms with Crippen LogP contribution in [0.3, 0.4) is 0 Å². The lowest BCUT2D eigenvalue weighted by atomic mass is 9.98. The number of para-hydroxylation sites is 1. The van der Waals surface area contributed by atoms with Crippen molar-refractivity contribution in [3.8, 4) is 22.6 Å². The van der Waals surface area contributed by atoms with E-state index in [1.807, 2.05) is 72.4 Å². The van der Waals surface area contributed by atoms with Gasteiger partial charge in [0.1, 0.15) is 23.5 Å². The Morgan fingerprint density at radius 1 is 0.921 bits per heavy atom. The van der Waals surface area contributed by atoms with Gasteiger partial charge in [-0.25, -0.2) is 15.0 Å². The van der Waals surface area contributed by atoms with Gasteiger partial charge in [0.25, 0.3) is 0 Å². The van der Waals surface area contributed by atoms with Crippen molar-refractivity contribution in [1.82, 2.24) is 35.2 Å². The molecular weight excluding hydrogens is 500 g/mol. The molecule has 192 valence electrons. The quantitative estimate of drug-likeness (QED) is 0.287. The van der Waals surface area contributed by atoms with E-state index in [0.29, 0.717) is 5.92 Å². The van der Waals surface area contributed by atoms with Crippen molar-refractivity contribution in [2.75, 3.05) is 25.1 Å². The summed E-state index contributed by atoms with van der Waals surface area (Å²) in [5, 5.41) is 14.8. The first-order valence-corrected chi connectivity index (χ1v) is 13.3. The van der Waals surface area contributed by atoms with Gasteiger partial charge in [-0.2, -0.15) is 4.68 Å². The summed E-state index contributed by atoms with van der Waals surface area (Å²) >= 11 is 1.66. The smallest absolute Gasteiger partial charge is 0.238 e. The number of thiazole rings is 1. The Hall–Kier alpha value is -4.38. The van der Waals surface area contributed by atoms with E-state index in [-0.39, 0.29) is 0 Å². The van der Waals surface area contributed by atoms with E-state index in [1.54, 1.807) is 29.5 Å². The fourth-order valence-corrected chi connectivity index (χ4v) is 5.50. The summed E-state index contributed by atoms with van der Waals surface area (Å²) in [6.45, 7) is 1.75. The molecule has 1 unspecified atom stereocenters. The number of nitrogens with zero attached hydrogens (tertiary/aromatic N) is 8. The van der Waals surface area contributed by atoms with E-state index in [0.717, 1.165) is 65.2 Å². The van der Waals surface area contributed by atoms with Crippen LogP contribution in [0.15, 0.2) is 78.7 Å². The maximum atomic E-state index is 6.21. The highest BCUT2D eigenvalue weighted by molar-refractivity contribution is 7.09. The van der Waals surface area contributed by atoms with Crippen LogP contribution >= 0.6 is 11.3 Å². The van der Waals surface area contributed by atoms with Crippen LogP contribution in [0.2, 0.25) is 0 Å². The SMILES string of the molecule is COc1ccc(-c2cnc(N3CCC(c4nc(C(Oc5ccccc5)n5cnnn5)cs4)CC3)nc2)cc1. The molecule has 0 N–H and O–H groups in total. The zero-order valence-corrected chi connectivity index (χ0v) is 21.6. The van der Waals surface area contributed by atoms with Crippen LogP contribution in [0.5, 0.6) is 11.5 Å². The highest BCUT2D eigenvalue weighted by Crippen LogP contribution is 2.34. The van der Waals surface area contributed by atoms with Crippen molar-refractivity contribution in [2.24, 2.45) is 0 Å². The Labute approximate surface area is 223 Å². The minimum atomic E-state index is -0.532. The fraction of sp³-hybridized carbons (Fsp3) is 0.259. The fourth-order valence-electron chi connectivity index (χ4n) is 4.50. The van der Waals surface area contributed by atoms with Crippen molar-refractivity contribution in [1.29, 1.82) is 0 Å². The molecule has 1 aliphatic heterocycles. The van der Waals surface area contributed by atoms with Gasteiger partial charge in [0.2, 0.25) is 12.2 Å². The molecule has 0 bridgehead atoms. The topological polar surface area (TPSA) is 104 Å². The number of tetrazole rings is 1. The van der Waals surface area contributed by atoms with Gasteiger partial charge >= 0.3 is 0 Å². The molecule has 6 rings (SSSR count). The first-order chi connectivity index (χ1) is 18.8. The van der Waals surface area contributed by atoms with E-state index in [1.165, 1.54) is 0 Å². The lowest BCUT2D eigenvalue weighted by molar-refractivity contribution is 0.152. The second-order valence-electron chi connectivity index (χ2n) is 8.95. The van der Waals surface area contributed by atoms with E-state index >= 15 is 0 Å². The van der Waals surface area contributed by atoms with Gasteiger partial charge < -0.3 is 14.4 Å². The molecule has 0 amide bonds. The molecule has 11 heteroatoms. The Balaban J connectivity index is 1.11. The third-order valence-corrected chi connectivity index (χ3v) is 7.60. The first-order valence-electron chi connectivity index (χ1n) is 12.4. The van der Waals surface area contributed by atoms with Crippen molar-refractivity contribution >= 4 is 17.3 Å². The Kier molecular flexibility index (Phi) is 6.90. The Bertz CT molecular complexity index is 1440. The van der Waals surface area contributed by atoms with Gasteiger partial charge in [-0.1, -0.05) is 30.3 Å². The third-order valence-electron chi connectivity index (χ3n) is 6.58. The zero-order valence-electron chi connectivity index (χ0n) is 20.8. The highest BCUT2D eigenvalue weighted by Gasteiger charge is 2.27. The summed E-state index contributed by atoms with van der Waals surface area (Å²) in [5.41, 5.74) is 2.84. The molecule has 4 heterocycles. The molecule has 1 fully saturated rings. The van der Waals surface area contributed by atoms with Crippen LogP contribution in [-0.2, 0) is 0 Å². The molecule has 5 aromatic rings. The summed E-state index contributed by atoms with van der Waals surface area (Å²) in [6.07, 6.45) is 6.74. The maximum Gasteiger partial charge on any atom is 0.238 e. The van der Waals surface area contributed by atoms with Crippen molar-refractivity contribution in [3.63, 3.8) is 0 Å². The van der Waals surface area contributed by atoms with Gasteiger partial charge in [-0.3, -0.25) is 0 Å². The predicted octanol–water partition coefficient (Wildman–Crippen LogP) is 4.61. The maximum absolute atomic E-state index is 6.21. The predicted molar refractivity (Wildman–Crippen MR) is 143 cm³/mol. The molecule has 0 radical (unpaired) electrons. The number of benzene rings is 2. The molecule has 0 aliphatic carbocycles. The molecular formula is C27H26N8O2S. The summed E-state index contributed by atoms with van der Waals surface area (Å²) in [7, 11) is 1.66.